The van der Waals surface area contributed by atoms with Crippen molar-refractivity contribution in [3.05, 3.63) is 59.2 Å². The highest BCUT2D eigenvalue weighted by molar-refractivity contribution is 5.97. The summed E-state index contributed by atoms with van der Waals surface area (Å²) in [5.41, 5.74) is 0.285. The van der Waals surface area contributed by atoms with E-state index >= 15 is 0 Å². The molecule has 0 saturated heterocycles. The van der Waals surface area contributed by atoms with Gasteiger partial charge in [-0.3, -0.25) is 14.7 Å². The molecule has 0 spiro atoms. The third-order valence-electron chi connectivity index (χ3n) is 5.83. The van der Waals surface area contributed by atoms with Crippen molar-refractivity contribution in [1.29, 1.82) is 0 Å². The number of alkyl halides is 3. The Balaban J connectivity index is 1.37. The van der Waals surface area contributed by atoms with Crippen LogP contribution in [0.25, 0.3) is 5.52 Å². The van der Waals surface area contributed by atoms with E-state index in [-0.39, 0.29) is 31.0 Å². The van der Waals surface area contributed by atoms with Gasteiger partial charge in [0.05, 0.1) is 17.8 Å². The molecule has 0 bridgehead atoms. The summed E-state index contributed by atoms with van der Waals surface area (Å²) in [7, 11) is 0. The predicted molar refractivity (Wildman–Crippen MR) is 99.9 cm³/mol. The lowest BCUT2D eigenvalue weighted by Crippen LogP contribution is -2.48. The molecular weight excluding hydrogens is 399 g/mol. The number of pyridine rings is 1. The number of halogens is 3. The summed E-state index contributed by atoms with van der Waals surface area (Å²) in [5.74, 6) is -1.05. The van der Waals surface area contributed by atoms with Gasteiger partial charge >= 0.3 is 6.18 Å². The topological polar surface area (TPSA) is 82.5 Å². The van der Waals surface area contributed by atoms with Gasteiger partial charge in [-0.25, -0.2) is 0 Å². The first-order valence-electron chi connectivity index (χ1n) is 9.59. The van der Waals surface area contributed by atoms with Crippen molar-refractivity contribution >= 4 is 17.3 Å². The average molecular weight is 417 g/mol. The van der Waals surface area contributed by atoms with Crippen LogP contribution in [0, 0.1) is 0 Å². The number of aromatic nitrogens is 3. The fourth-order valence-corrected chi connectivity index (χ4v) is 3.89. The molecule has 7 nitrogen and oxygen atoms in total. The highest BCUT2D eigenvalue weighted by atomic mass is 19.4. The number of carbonyl (C=O) groups excluding carboxylic acids is 2. The molecule has 3 aromatic heterocycles. The van der Waals surface area contributed by atoms with E-state index in [1.165, 1.54) is 0 Å². The number of H-pyrrole nitrogens is 1. The minimum Gasteiger partial charge on any atom is -0.336 e. The predicted octanol–water partition coefficient (Wildman–Crippen LogP) is 2.69. The van der Waals surface area contributed by atoms with E-state index in [2.05, 4.69) is 15.5 Å². The van der Waals surface area contributed by atoms with Crippen LogP contribution in [0.1, 0.15) is 44.9 Å². The number of fused-ring (bicyclic) bond motifs is 2. The van der Waals surface area contributed by atoms with Crippen LogP contribution in [0.4, 0.5) is 13.2 Å². The van der Waals surface area contributed by atoms with Crippen molar-refractivity contribution in [2.45, 2.75) is 37.5 Å². The zero-order valence-electron chi connectivity index (χ0n) is 15.8. The summed E-state index contributed by atoms with van der Waals surface area (Å²) in [6, 6.07) is 7.40. The van der Waals surface area contributed by atoms with Gasteiger partial charge in [-0.15, -0.1) is 0 Å². The van der Waals surface area contributed by atoms with Gasteiger partial charge in [0.1, 0.15) is 11.2 Å². The van der Waals surface area contributed by atoms with E-state index in [4.69, 9.17) is 0 Å². The average Bonchev–Trinajstić information content (AvgIpc) is 3.21. The van der Waals surface area contributed by atoms with Gasteiger partial charge in [0, 0.05) is 36.4 Å². The molecule has 1 saturated carbocycles. The van der Waals surface area contributed by atoms with Gasteiger partial charge in [0.15, 0.2) is 0 Å². The second-order valence-corrected chi connectivity index (χ2v) is 7.80. The molecule has 2 aliphatic rings. The molecule has 3 aromatic rings. The SMILES string of the molecule is O=C(NC1(C(F)(F)F)CC1)c1[nH]nc2c1CN(C(=O)c1cc3ccccn3c1)CC2. The molecule has 0 radical (unpaired) electrons. The van der Waals surface area contributed by atoms with E-state index in [1.807, 2.05) is 28.8 Å². The van der Waals surface area contributed by atoms with Crippen molar-refractivity contribution < 1.29 is 22.8 Å². The normalized spacial score (nSPS) is 17.6. The van der Waals surface area contributed by atoms with Crippen molar-refractivity contribution in [1.82, 2.24) is 24.8 Å². The maximum absolute atomic E-state index is 13.2. The number of hydrogen-bond donors (Lipinski definition) is 2. The zero-order chi connectivity index (χ0) is 21.1. The summed E-state index contributed by atoms with van der Waals surface area (Å²) >= 11 is 0. The molecule has 2 N–H and O–H groups in total. The number of rotatable bonds is 3. The van der Waals surface area contributed by atoms with Crippen LogP contribution in [0.2, 0.25) is 0 Å². The zero-order valence-corrected chi connectivity index (χ0v) is 15.8. The molecule has 0 aromatic carbocycles. The Morgan fingerprint density at radius 2 is 2.03 bits per heavy atom. The second kappa shape index (κ2) is 6.35. The molecule has 5 rings (SSSR count). The number of aromatic amines is 1. The molecule has 1 fully saturated rings. The molecule has 10 heteroatoms. The lowest BCUT2D eigenvalue weighted by atomic mass is 10.0. The van der Waals surface area contributed by atoms with Crippen LogP contribution in [-0.2, 0) is 13.0 Å². The highest BCUT2D eigenvalue weighted by Crippen LogP contribution is 2.49. The highest BCUT2D eigenvalue weighted by Gasteiger charge is 2.64. The first-order chi connectivity index (χ1) is 14.3. The van der Waals surface area contributed by atoms with Crippen LogP contribution in [0.3, 0.4) is 0 Å². The fourth-order valence-electron chi connectivity index (χ4n) is 3.89. The first kappa shape index (κ1) is 18.7. The first-order valence-corrected chi connectivity index (χ1v) is 9.59. The Hall–Kier alpha value is -3.30. The maximum Gasteiger partial charge on any atom is 0.411 e. The van der Waals surface area contributed by atoms with Gasteiger partial charge < -0.3 is 14.6 Å². The number of nitrogens with one attached hydrogen (secondary N) is 2. The molecule has 1 aliphatic heterocycles. The molecular formula is C20H18F3N5O2. The van der Waals surface area contributed by atoms with Crippen LogP contribution < -0.4 is 5.32 Å². The number of amides is 2. The maximum atomic E-state index is 13.2. The van der Waals surface area contributed by atoms with Crippen molar-refractivity contribution in [3.63, 3.8) is 0 Å². The van der Waals surface area contributed by atoms with E-state index in [1.54, 1.807) is 17.2 Å². The van der Waals surface area contributed by atoms with Gasteiger partial charge in [-0.2, -0.15) is 18.3 Å². The van der Waals surface area contributed by atoms with Crippen LogP contribution in [0.15, 0.2) is 36.7 Å². The summed E-state index contributed by atoms with van der Waals surface area (Å²) < 4.78 is 41.4. The Morgan fingerprint density at radius 3 is 2.73 bits per heavy atom. The molecule has 0 unspecified atom stereocenters. The van der Waals surface area contributed by atoms with Crippen molar-refractivity contribution in [3.8, 4) is 0 Å². The van der Waals surface area contributed by atoms with Gasteiger partial charge in [-0.1, -0.05) is 6.07 Å². The Kier molecular flexibility index (Phi) is 3.96. The van der Waals surface area contributed by atoms with E-state index in [0.717, 1.165) is 5.52 Å². The van der Waals surface area contributed by atoms with E-state index in [9.17, 15) is 22.8 Å². The molecule has 0 atom stereocenters. The smallest absolute Gasteiger partial charge is 0.336 e. The van der Waals surface area contributed by atoms with Crippen molar-refractivity contribution in [2.75, 3.05) is 6.54 Å². The summed E-state index contributed by atoms with van der Waals surface area (Å²) in [4.78, 5) is 27.1. The lowest BCUT2D eigenvalue weighted by Gasteiger charge is -2.27. The molecule has 1 aliphatic carbocycles. The summed E-state index contributed by atoms with van der Waals surface area (Å²) in [6.07, 6.45) is -0.773. The standard InChI is InChI=1S/C20H18F3N5O2/c21-20(22,23)19(5-6-19)24-17(29)16-14-11-28(8-4-15(14)25-26-16)18(30)12-9-13-3-1-2-7-27(13)10-12/h1-3,7,9-10H,4-6,8,11H2,(H,24,29)(H,25,26). The Bertz CT molecular complexity index is 1130. The van der Waals surface area contributed by atoms with Crippen molar-refractivity contribution in [2.24, 2.45) is 0 Å². The van der Waals surface area contributed by atoms with Gasteiger partial charge in [-0.05, 0) is 31.0 Å². The number of nitrogens with zero attached hydrogens (tertiary/aromatic N) is 3. The largest absolute Gasteiger partial charge is 0.411 e. The summed E-state index contributed by atoms with van der Waals surface area (Å²) in [5, 5.41) is 8.76. The third-order valence-corrected chi connectivity index (χ3v) is 5.83. The minimum atomic E-state index is -4.50. The molecule has 156 valence electrons. The number of carbonyl (C=O) groups is 2. The fraction of sp³-hybridized carbons (Fsp3) is 0.350. The summed E-state index contributed by atoms with van der Waals surface area (Å²) in [6.45, 7) is 0.523. The third kappa shape index (κ3) is 2.94. The Morgan fingerprint density at radius 1 is 1.23 bits per heavy atom. The molecule has 2 amide bonds. The van der Waals surface area contributed by atoms with Gasteiger partial charge in [0.25, 0.3) is 11.8 Å². The second-order valence-electron chi connectivity index (χ2n) is 7.80. The monoisotopic (exact) mass is 417 g/mol. The van der Waals surface area contributed by atoms with Crippen LogP contribution >= 0.6 is 0 Å². The quantitative estimate of drug-likeness (QED) is 0.688. The van der Waals surface area contributed by atoms with Crippen LogP contribution in [0.5, 0.6) is 0 Å². The lowest BCUT2D eigenvalue weighted by molar-refractivity contribution is -0.163. The van der Waals surface area contributed by atoms with Gasteiger partial charge in [0.2, 0.25) is 0 Å². The molecule has 30 heavy (non-hydrogen) atoms. The number of hydrogen-bond acceptors (Lipinski definition) is 3. The minimum absolute atomic E-state index is 0.0138. The Labute approximate surface area is 168 Å². The van der Waals surface area contributed by atoms with Crippen LogP contribution in [-0.4, -0.2) is 49.6 Å². The van der Waals surface area contributed by atoms with E-state index in [0.29, 0.717) is 29.8 Å². The molecule has 4 heterocycles. The van der Waals surface area contributed by atoms with E-state index < -0.39 is 17.6 Å².